The number of carbonyl (C=O) groups is 2. The topological polar surface area (TPSA) is 214 Å². The van der Waals surface area contributed by atoms with Gasteiger partial charge in [0.15, 0.2) is 0 Å². The maximum absolute atomic E-state index is 14.0. The summed E-state index contributed by atoms with van der Waals surface area (Å²) in [6, 6.07) is 6.30. The SMILES string of the molecule is CC(C)(C)OC(=O)N[C@@H](Cc1cncn1-c1ccc([N+](=O)[O-])cc1[N+](=O)[O-])C(=O)N[C@@H](CC1CCCCC1)[C@@H](O)COc1ccccn1. The highest BCUT2D eigenvalue weighted by Crippen LogP contribution is 2.30. The van der Waals surface area contributed by atoms with E-state index < -0.39 is 57.0 Å². The molecular weight excluding hydrogens is 626 g/mol. The summed E-state index contributed by atoms with van der Waals surface area (Å²) in [7, 11) is 0. The van der Waals surface area contributed by atoms with E-state index in [0.717, 1.165) is 44.2 Å². The number of hydrogen-bond donors (Lipinski definition) is 3. The number of nitrogens with one attached hydrogen (secondary N) is 2. The van der Waals surface area contributed by atoms with E-state index in [1.54, 1.807) is 45.2 Å². The molecule has 0 bridgehead atoms. The van der Waals surface area contributed by atoms with Gasteiger partial charge in [0.2, 0.25) is 11.8 Å². The molecule has 3 aromatic rings. The van der Waals surface area contributed by atoms with Gasteiger partial charge < -0.3 is 25.2 Å². The quantitative estimate of drug-likeness (QED) is 0.162. The number of pyridine rings is 1. The number of nitro benzene ring substituents is 2. The minimum Gasteiger partial charge on any atom is -0.475 e. The first-order valence-corrected chi connectivity index (χ1v) is 15.8. The Balaban J connectivity index is 1.61. The van der Waals surface area contributed by atoms with Gasteiger partial charge in [-0.2, -0.15) is 0 Å². The highest BCUT2D eigenvalue weighted by Gasteiger charge is 2.32. The van der Waals surface area contributed by atoms with Crippen LogP contribution in [0, 0.1) is 26.1 Å². The van der Waals surface area contributed by atoms with Crippen molar-refractivity contribution >= 4 is 23.4 Å². The second-order valence-electron chi connectivity index (χ2n) is 12.7. The summed E-state index contributed by atoms with van der Waals surface area (Å²) in [5.74, 6) is -0.0585. The molecule has 4 rings (SSSR count). The van der Waals surface area contributed by atoms with Crippen LogP contribution in [0.4, 0.5) is 16.2 Å². The Morgan fingerprint density at radius 1 is 1.08 bits per heavy atom. The fourth-order valence-corrected chi connectivity index (χ4v) is 5.63. The normalized spacial score (nSPS) is 15.5. The molecule has 0 saturated heterocycles. The largest absolute Gasteiger partial charge is 0.475 e. The number of nitrogens with zero attached hydrogens (tertiary/aromatic N) is 5. The number of carbonyl (C=O) groups excluding carboxylic acids is 2. The van der Waals surface area contributed by atoms with Crippen molar-refractivity contribution in [2.45, 2.75) is 89.5 Å². The molecule has 1 aromatic carbocycles. The Morgan fingerprint density at radius 3 is 2.48 bits per heavy atom. The third-order valence-corrected chi connectivity index (χ3v) is 7.91. The number of aliphatic hydroxyl groups excluding tert-OH is 1. The predicted molar refractivity (Wildman–Crippen MR) is 173 cm³/mol. The molecule has 2 amide bonds. The molecule has 0 radical (unpaired) electrons. The van der Waals surface area contributed by atoms with E-state index >= 15 is 0 Å². The number of nitro groups is 2. The monoisotopic (exact) mass is 667 g/mol. The van der Waals surface area contributed by atoms with Crippen LogP contribution in [0.15, 0.2) is 55.1 Å². The number of rotatable bonds is 14. The van der Waals surface area contributed by atoms with Gasteiger partial charge in [0.1, 0.15) is 30.0 Å². The standard InChI is InChI=1S/C32H41N7O9/c1-32(2,3)48-31(42)36-25(16-23-18-33-20-37(23)26-13-12-22(38(43)44)17-27(26)39(45)46)30(41)35-24(15-21-9-5-4-6-10-21)28(40)19-47-29-11-7-8-14-34-29/h7-8,11-14,17-18,20-21,24-25,28,40H,4-6,9-10,15-16,19H2,1-3H3,(H,35,41)(H,36,42)/t24-,25-,28-/m0/s1. The number of aromatic nitrogens is 3. The number of alkyl carbamates (subject to hydrolysis) is 1. The number of imidazole rings is 1. The molecule has 2 heterocycles. The van der Waals surface area contributed by atoms with Crippen molar-refractivity contribution in [2.24, 2.45) is 5.92 Å². The van der Waals surface area contributed by atoms with E-state index in [1.807, 2.05) is 0 Å². The number of amides is 2. The van der Waals surface area contributed by atoms with Gasteiger partial charge in [-0.1, -0.05) is 38.2 Å². The lowest BCUT2D eigenvalue weighted by molar-refractivity contribution is -0.394. The molecule has 0 aliphatic heterocycles. The van der Waals surface area contributed by atoms with E-state index in [4.69, 9.17) is 9.47 Å². The van der Waals surface area contributed by atoms with E-state index in [0.29, 0.717) is 12.3 Å². The third-order valence-electron chi connectivity index (χ3n) is 7.91. The first-order chi connectivity index (χ1) is 22.8. The van der Waals surface area contributed by atoms with Gasteiger partial charge in [0.05, 0.1) is 28.3 Å². The molecule has 1 aliphatic rings. The minimum absolute atomic E-state index is 0.0215. The van der Waals surface area contributed by atoms with Crippen LogP contribution in [0.5, 0.6) is 5.88 Å². The zero-order valence-corrected chi connectivity index (χ0v) is 27.1. The summed E-state index contributed by atoms with van der Waals surface area (Å²) in [5.41, 5.74) is -1.63. The smallest absolute Gasteiger partial charge is 0.408 e. The highest BCUT2D eigenvalue weighted by molar-refractivity contribution is 5.86. The molecule has 48 heavy (non-hydrogen) atoms. The third kappa shape index (κ3) is 10.2. The van der Waals surface area contributed by atoms with Crippen molar-refractivity contribution in [3.63, 3.8) is 0 Å². The summed E-state index contributed by atoms with van der Waals surface area (Å²) in [4.78, 5) is 56.8. The van der Waals surface area contributed by atoms with Gasteiger partial charge in [0, 0.05) is 36.6 Å². The van der Waals surface area contributed by atoms with Crippen molar-refractivity contribution in [1.29, 1.82) is 0 Å². The first kappa shape index (κ1) is 35.7. The zero-order chi connectivity index (χ0) is 34.8. The van der Waals surface area contributed by atoms with Crippen LogP contribution in [0.3, 0.4) is 0 Å². The van der Waals surface area contributed by atoms with E-state index in [1.165, 1.54) is 23.2 Å². The Kier molecular flexibility index (Phi) is 12.0. The number of hydrogen-bond acceptors (Lipinski definition) is 11. The second-order valence-corrected chi connectivity index (χ2v) is 12.7. The predicted octanol–water partition coefficient (Wildman–Crippen LogP) is 4.41. The van der Waals surface area contributed by atoms with Crippen LogP contribution < -0.4 is 15.4 Å². The molecule has 258 valence electrons. The minimum atomic E-state index is -1.27. The summed E-state index contributed by atoms with van der Waals surface area (Å²) in [6.07, 6.45) is 7.62. The molecule has 2 aromatic heterocycles. The molecule has 16 nitrogen and oxygen atoms in total. The second kappa shape index (κ2) is 16.1. The van der Waals surface area contributed by atoms with Crippen molar-refractivity contribution in [1.82, 2.24) is 25.2 Å². The molecule has 0 spiro atoms. The average Bonchev–Trinajstić information content (AvgIpc) is 3.50. The maximum atomic E-state index is 14.0. The van der Waals surface area contributed by atoms with Gasteiger partial charge in [0.25, 0.3) is 11.4 Å². The molecular formula is C32H41N7O9. The molecule has 1 aliphatic carbocycles. The van der Waals surface area contributed by atoms with E-state index in [9.17, 15) is 34.9 Å². The van der Waals surface area contributed by atoms with Crippen LogP contribution in [0.25, 0.3) is 5.69 Å². The first-order valence-electron chi connectivity index (χ1n) is 15.8. The van der Waals surface area contributed by atoms with Crippen molar-refractivity contribution < 1.29 is 34.0 Å². The molecule has 0 unspecified atom stereocenters. The summed E-state index contributed by atoms with van der Waals surface area (Å²) >= 11 is 0. The number of ether oxygens (including phenoxy) is 2. The summed E-state index contributed by atoms with van der Waals surface area (Å²) in [6.45, 7) is 4.86. The number of non-ortho nitro benzene ring substituents is 1. The van der Waals surface area contributed by atoms with Gasteiger partial charge in [-0.25, -0.2) is 14.8 Å². The van der Waals surface area contributed by atoms with Gasteiger partial charge in [-0.05, 0) is 45.2 Å². The Labute approximate surface area is 277 Å². The molecule has 3 N–H and O–H groups in total. The molecule has 1 saturated carbocycles. The van der Waals surface area contributed by atoms with E-state index in [2.05, 4.69) is 20.6 Å². The van der Waals surface area contributed by atoms with Crippen molar-refractivity contribution in [3.05, 3.63) is 81.0 Å². The Morgan fingerprint density at radius 2 is 1.83 bits per heavy atom. The van der Waals surface area contributed by atoms with Crippen LogP contribution in [0.1, 0.15) is 65.0 Å². The lowest BCUT2D eigenvalue weighted by atomic mass is 9.83. The molecule has 3 atom stereocenters. The summed E-state index contributed by atoms with van der Waals surface area (Å²) < 4.78 is 12.4. The fourth-order valence-electron chi connectivity index (χ4n) is 5.63. The van der Waals surface area contributed by atoms with Gasteiger partial charge >= 0.3 is 6.09 Å². The molecule has 1 fully saturated rings. The fraction of sp³-hybridized carbons (Fsp3) is 0.500. The Bertz CT molecular complexity index is 1570. The lowest BCUT2D eigenvalue weighted by Crippen LogP contribution is -2.55. The highest BCUT2D eigenvalue weighted by atomic mass is 16.6. The van der Waals surface area contributed by atoms with Crippen molar-refractivity contribution in [2.75, 3.05) is 6.61 Å². The Hall–Kier alpha value is -5.12. The van der Waals surface area contributed by atoms with Crippen LogP contribution in [0.2, 0.25) is 0 Å². The van der Waals surface area contributed by atoms with Crippen molar-refractivity contribution in [3.8, 4) is 11.6 Å². The van der Waals surface area contributed by atoms with Gasteiger partial charge in [-0.3, -0.25) is 29.6 Å². The van der Waals surface area contributed by atoms with Gasteiger partial charge in [-0.15, -0.1) is 0 Å². The average molecular weight is 668 g/mol. The summed E-state index contributed by atoms with van der Waals surface area (Å²) in [5, 5.41) is 39.9. The lowest BCUT2D eigenvalue weighted by Gasteiger charge is -2.31. The zero-order valence-electron chi connectivity index (χ0n) is 27.1. The van der Waals surface area contributed by atoms with Crippen LogP contribution >= 0.6 is 0 Å². The number of benzene rings is 1. The number of aliphatic hydroxyl groups is 1. The maximum Gasteiger partial charge on any atom is 0.408 e. The van der Waals surface area contributed by atoms with Crippen LogP contribution in [-0.2, 0) is 16.0 Å². The van der Waals surface area contributed by atoms with E-state index in [-0.39, 0.29) is 30.3 Å². The van der Waals surface area contributed by atoms with Crippen LogP contribution in [-0.4, -0.2) is 71.9 Å². The molecule has 16 heteroatoms.